The van der Waals surface area contributed by atoms with Gasteiger partial charge in [-0.2, -0.15) is 0 Å². The van der Waals surface area contributed by atoms with Crippen LogP contribution in [0.2, 0.25) is 0 Å². The molecule has 0 aromatic rings. The van der Waals surface area contributed by atoms with E-state index in [0.29, 0.717) is 12.3 Å². The van der Waals surface area contributed by atoms with Crippen LogP contribution in [-0.2, 0) is 14.3 Å². The molecule has 3 rings (SSSR count). The van der Waals surface area contributed by atoms with E-state index >= 15 is 0 Å². The summed E-state index contributed by atoms with van der Waals surface area (Å²) in [4.78, 5) is 24.2. The van der Waals surface area contributed by atoms with Gasteiger partial charge >= 0.3 is 5.97 Å². The Labute approximate surface area is 150 Å². The van der Waals surface area contributed by atoms with Crippen LogP contribution in [0.5, 0.6) is 0 Å². The third-order valence-corrected chi connectivity index (χ3v) is 6.50. The van der Waals surface area contributed by atoms with Gasteiger partial charge in [-0.05, 0) is 66.2 Å². The molecular weight excluding hydrogens is 316 g/mol. The monoisotopic (exact) mass is 346 g/mol. The second-order valence-electron chi connectivity index (χ2n) is 8.54. The lowest BCUT2D eigenvalue weighted by Crippen LogP contribution is -2.44. The van der Waals surface area contributed by atoms with E-state index in [1.54, 1.807) is 0 Å². The summed E-state index contributed by atoms with van der Waals surface area (Å²) in [5.41, 5.74) is 3.80. The fourth-order valence-electron chi connectivity index (χ4n) is 5.46. The summed E-state index contributed by atoms with van der Waals surface area (Å²) < 4.78 is 5.79. The Balaban J connectivity index is 2.09. The molecule has 0 radical (unpaired) electrons. The zero-order valence-corrected chi connectivity index (χ0v) is 16.0. The number of allylic oxidation sites excluding steroid dienone is 3. The largest absolute Gasteiger partial charge is 0.459 e. The maximum atomic E-state index is 12.5. The molecule has 5 atom stereocenters. The van der Waals surface area contributed by atoms with E-state index in [4.69, 9.17) is 4.74 Å². The Bertz CT molecular complexity index is 663. The maximum Gasteiger partial charge on any atom is 0.339 e. The number of carbonyl (C=O) groups excluding carboxylic acids is 2. The van der Waals surface area contributed by atoms with Crippen LogP contribution in [0.15, 0.2) is 22.3 Å². The summed E-state index contributed by atoms with van der Waals surface area (Å²) in [5.74, 6) is -0.542. The first-order valence-corrected chi connectivity index (χ1v) is 9.42. The van der Waals surface area contributed by atoms with E-state index in [1.165, 1.54) is 29.2 Å². The van der Waals surface area contributed by atoms with E-state index in [1.807, 2.05) is 0 Å². The fraction of sp³-hybridized carbons (Fsp3) is 0.714. The minimum atomic E-state index is -1.66. The second-order valence-corrected chi connectivity index (χ2v) is 8.54. The van der Waals surface area contributed by atoms with Crippen molar-refractivity contribution in [2.24, 2.45) is 17.8 Å². The molecule has 0 bridgehead atoms. The van der Waals surface area contributed by atoms with Crippen LogP contribution < -0.4 is 0 Å². The van der Waals surface area contributed by atoms with E-state index in [-0.39, 0.29) is 30.1 Å². The van der Waals surface area contributed by atoms with Crippen molar-refractivity contribution >= 4 is 11.8 Å². The molecule has 1 heterocycles. The van der Waals surface area contributed by atoms with Gasteiger partial charge in [0.2, 0.25) is 0 Å². The van der Waals surface area contributed by atoms with Crippen molar-refractivity contribution in [3.63, 3.8) is 0 Å². The minimum Gasteiger partial charge on any atom is -0.459 e. The van der Waals surface area contributed by atoms with Crippen LogP contribution in [-0.4, -0.2) is 28.6 Å². The zero-order valence-electron chi connectivity index (χ0n) is 16.0. The highest BCUT2D eigenvalue weighted by Gasteiger charge is 2.61. The molecule has 138 valence electrons. The number of rotatable bonds is 2. The molecular formula is C21H30O4. The molecule has 1 aliphatic heterocycles. The van der Waals surface area contributed by atoms with Crippen molar-refractivity contribution in [3.8, 4) is 0 Å². The summed E-state index contributed by atoms with van der Waals surface area (Å²) >= 11 is 0. The van der Waals surface area contributed by atoms with Crippen LogP contribution in [0, 0.1) is 17.8 Å². The average molecular weight is 346 g/mol. The van der Waals surface area contributed by atoms with Crippen molar-refractivity contribution in [1.82, 2.24) is 0 Å². The molecule has 1 N–H and O–H groups in total. The molecule has 3 fully saturated rings. The molecule has 0 aromatic heterocycles. The number of Topliss-reactive ketones (excluding diaryl/α,β-unsaturated/α-hetero) is 1. The normalized spacial score (nSPS) is 37.3. The topological polar surface area (TPSA) is 63.6 Å². The van der Waals surface area contributed by atoms with Crippen LogP contribution in [0.1, 0.15) is 66.7 Å². The first-order chi connectivity index (χ1) is 11.7. The molecule has 2 aliphatic carbocycles. The van der Waals surface area contributed by atoms with Crippen LogP contribution in [0.4, 0.5) is 0 Å². The number of fused-ring (bicyclic) bond motifs is 3. The van der Waals surface area contributed by atoms with Crippen molar-refractivity contribution < 1.29 is 19.4 Å². The van der Waals surface area contributed by atoms with Gasteiger partial charge in [0, 0.05) is 18.3 Å². The predicted molar refractivity (Wildman–Crippen MR) is 95.8 cm³/mol. The summed E-state index contributed by atoms with van der Waals surface area (Å²) in [6, 6.07) is 0. The third kappa shape index (κ3) is 2.88. The van der Waals surface area contributed by atoms with Crippen molar-refractivity contribution in [3.05, 3.63) is 22.3 Å². The highest BCUT2D eigenvalue weighted by atomic mass is 16.6. The van der Waals surface area contributed by atoms with Gasteiger partial charge in [0.15, 0.2) is 5.60 Å². The first-order valence-electron chi connectivity index (χ1n) is 9.42. The van der Waals surface area contributed by atoms with Crippen molar-refractivity contribution in [1.29, 1.82) is 0 Å². The molecule has 3 aliphatic rings. The zero-order chi connectivity index (χ0) is 18.5. The minimum absolute atomic E-state index is 0.140. The second kappa shape index (κ2) is 6.39. The molecule has 0 aromatic carbocycles. The Morgan fingerprint density at radius 3 is 2.24 bits per heavy atom. The van der Waals surface area contributed by atoms with E-state index in [9.17, 15) is 14.7 Å². The Hall–Kier alpha value is -1.42. The van der Waals surface area contributed by atoms with Crippen LogP contribution in [0.25, 0.3) is 0 Å². The third-order valence-electron chi connectivity index (χ3n) is 6.50. The van der Waals surface area contributed by atoms with Gasteiger partial charge < -0.3 is 9.84 Å². The Morgan fingerprint density at radius 1 is 1.08 bits per heavy atom. The van der Waals surface area contributed by atoms with Crippen LogP contribution in [0.3, 0.4) is 0 Å². The van der Waals surface area contributed by atoms with Crippen molar-refractivity contribution in [2.45, 2.75) is 78.4 Å². The van der Waals surface area contributed by atoms with Gasteiger partial charge in [-0.15, -0.1) is 0 Å². The van der Waals surface area contributed by atoms with Gasteiger partial charge in [-0.25, -0.2) is 4.79 Å². The highest BCUT2D eigenvalue weighted by Crippen LogP contribution is 2.55. The SMILES string of the molecule is CC(=O)C[C@]1(O)C(=O)O[C@@H]2[C@H]3C(=C(C)C)CC[C@H]3C(=C(C)C)CC[C@H]21. The lowest BCUT2D eigenvalue weighted by Gasteiger charge is -2.30. The van der Waals surface area contributed by atoms with Gasteiger partial charge in [0.25, 0.3) is 0 Å². The van der Waals surface area contributed by atoms with E-state index in [2.05, 4.69) is 27.7 Å². The Kier molecular flexibility index (Phi) is 4.69. The lowest BCUT2D eigenvalue weighted by molar-refractivity contribution is -0.158. The quantitative estimate of drug-likeness (QED) is 0.611. The fourth-order valence-corrected chi connectivity index (χ4v) is 5.46. The van der Waals surface area contributed by atoms with Crippen molar-refractivity contribution in [2.75, 3.05) is 0 Å². The maximum absolute atomic E-state index is 12.5. The number of hydrogen-bond donors (Lipinski definition) is 1. The highest BCUT2D eigenvalue weighted by molar-refractivity contribution is 5.89. The van der Waals surface area contributed by atoms with E-state index < -0.39 is 11.6 Å². The Morgan fingerprint density at radius 2 is 1.68 bits per heavy atom. The summed E-state index contributed by atoms with van der Waals surface area (Å²) in [6.45, 7) is 9.98. The molecule has 0 spiro atoms. The average Bonchev–Trinajstić information content (AvgIpc) is 2.96. The molecule has 25 heavy (non-hydrogen) atoms. The van der Waals surface area contributed by atoms with Gasteiger partial charge in [-0.3, -0.25) is 4.79 Å². The van der Waals surface area contributed by atoms with Crippen LogP contribution >= 0.6 is 0 Å². The number of aliphatic hydroxyl groups is 1. The van der Waals surface area contributed by atoms with E-state index in [0.717, 1.165) is 19.3 Å². The summed E-state index contributed by atoms with van der Waals surface area (Å²) in [5, 5.41) is 11.1. The van der Waals surface area contributed by atoms with Gasteiger partial charge in [-0.1, -0.05) is 22.3 Å². The molecule has 4 nitrogen and oxygen atoms in total. The number of carbonyl (C=O) groups is 2. The predicted octanol–water partition coefficient (Wildman–Crippen LogP) is 3.73. The number of ether oxygens (including phenoxy) is 1. The molecule has 2 saturated carbocycles. The molecule has 1 saturated heterocycles. The summed E-state index contributed by atoms with van der Waals surface area (Å²) in [7, 11) is 0. The molecule has 4 heteroatoms. The number of ketones is 1. The van der Waals surface area contributed by atoms with Gasteiger partial charge in [0.1, 0.15) is 11.9 Å². The summed E-state index contributed by atoms with van der Waals surface area (Å²) in [6.07, 6.45) is 3.23. The molecule has 0 amide bonds. The smallest absolute Gasteiger partial charge is 0.339 e. The first kappa shape index (κ1) is 18.4. The number of esters is 1. The molecule has 0 unspecified atom stereocenters. The standard InChI is InChI=1S/C21H30O4/c1-11(2)14-8-9-17-19(18-15(12(3)4)6-7-16(14)18)25-20(23)21(17,24)10-13(5)22/h16-19,24H,6-10H2,1-5H3/t16-,17+,18-,19-,21+/m0/s1. The number of hydrogen-bond acceptors (Lipinski definition) is 4. The lowest BCUT2D eigenvalue weighted by atomic mass is 9.75. The van der Waals surface area contributed by atoms with Gasteiger partial charge in [0.05, 0.1) is 0 Å².